The molecule has 0 saturated carbocycles. The number of hydrogen-bond donors (Lipinski definition) is 0. The highest BCUT2D eigenvalue weighted by Gasteiger charge is 2.35. The molecule has 1 aromatic carbocycles. The van der Waals surface area contributed by atoms with Gasteiger partial charge in [0.1, 0.15) is 6.54 Å². The third kappa shape index (κ3) is 5.52. The average Bonchev–Trinajstić information content (AvgIpc) is 3.21. The van der Waals surface area contributed by atoms with Crippen LogP contribution < -0.4 is 0 Å². The lowest BCUT2D eigenvalue weighted by atomic mass is 9.93. The van der Waals surface area contributed by atoms with E-state index in [2.05, 4.69) is 6.07 Å². The van der Waals surface area contributed by atoms with Gasteiger partial charge in [0.2, 0.25) is 5.91 Å². The van der Waals surface area contributed by atoms with Gasteiger partial charge in [0.05, 0.1) is 6.04 Å². The first-order valence-corrected chi connectivity index (χ1v) is 11.7. The van der Waals surface area contributed by atoms with Gasteiger partial charge in [0, 0.05) is 55.8 Å². The molecule has 31 heavy (non-hydrogen) atoms. The van der Waals surface area contributed by atoms with Gasteiger partial charge < -0.3 is 19.4 Å². The molecule has 1 atom stereocenters. The summed E-state index contributed by atoms with van der Waals surface area (Å²) in [6.07, 6.45) is 1.44. The fraction of sp³-hybridized carbons (Fsp3) is 0.455. The fourth-order valence-electron chi connectivity index (χ4n) is 3.82. The van der Waals surface area contributed by atoms with E-state index in [0.717, 1.165) is 17.5 Å². The number of urea groups is 1. The Bertz CT molecular complexity index is 934. The minimum absolute atomic E-state index is 0.00189. The predicted octanol–water partition coefficient (Wildman–Crippen LogP) is 4.55. The van der Waals surface area contributed by atoms with E-state index in [1.165, 1.54) is 9.78 Å². The number of rotatable bonds is 7. The molecule has 2 heterocycles. The molecule has 0 saturated heterocycles. The predicted molar refractivity (Wildman–Crippen MR) is 125 cm³/mol. The molecule has 0 spiro atoms. The van der Waals surface area contributed by atoms with E-state index < -0.39 is 0 Å². The second-order valence-electron chi connectivity index (χ2n) is 7.65. The Morgan fingerprint density at radius 2 is 2.00 bits per heavy atom. The van der Waals surface area contributed by atoms with Gasteiger partial charge in [-0.3, -0.25) is 4.79 Å². The Morgan fingerprint density at radius 3 is 2.68 bits per heavy atom. The van der Waals surface area contributed by atoms with Crippen molar-refractivity contribution in [2.45, 2.75) is 18.9 Å². The van der Waals surface area contributed by atoms with Gasteiger partial charge in [-0.1, -0.05) is 29.3 Å². The van der Waals surface area contributed by atoms with Crippen LogP contribution in [0.5, 0.6) is 0 Å². The van der Waals surface area contributed by atoms with Crippen LogP contribution in [0.3, 0.4) is 0 Å². The summed E-state index contributed by atoms with van der Waals surface area (Å²) in [7, 11) is 4.99. The van der Waals surface area contributed by atoms with Crippen molar-refractivity contribution in [3.8, 4) is 0 Å². The molecule has 3 amide bonds. The number of carbonyl (C=O) groups excluding carboxylic acids is 2. The first-order chi connectivity index (χ1) is 14.8. The Hall–Kier alpha value is -1.80. The number of hydrogen-bond acceptors (Lipinski definition) is 4. The molecule has 9 heteroatoms. The number of carbonyl (C=O) groups is 2. The summed E-state index contributed by atoms with van der Waals surface area (Å²) in [6, 6.07) is 6.92. The van der Waals surface area contributed by atoms with Crippen LogP contribution in [0.25, 0.3) is 0 Å². The highest BCUT2D eigenvalue weighted by Crippen LogP contribution is 2.41. The molecule has 2 aromatic rings. The minimum Gasteiger partial charge on any atom is -0.385 e. The summed E-state index contributed by atoms with van der Waals surface area (Å²) in [6.45, 7) is 1.54. The third-order valence-corrected chi connectivity index (χ3v) is 6.86. The summed E-state index contributed by atoms with van der Waals surface area (Å²) < 4.78 is 5.11. The molecule has 0 bridgehead atoms. The van der Waals surface area contributed by atoms with E-state index in [1.54, 1.807) is 49.6 Å². The van der Waals surface area contributed by atoms with Crippen LogP contribution in [-0.2, 0) is 16.0 Å². The number of ether oxygens (including phenoxy) is 1. The van der Waals surface area contributed by atoms with Crippen molar-refractivity contribution in [3.63, 3.8) is 0 Å². The van der Waals surface area contributed by atoms with Gasteiger partial charge in [0.25, 0.3) is 0 Å². The van der Waals surface area contributed by atoms with Crippen LogP contribution in [-0.4, -0.2) is 74.1 Å². The summed E-state index contributed by atoms with van der Waals surface area (Å²) in [5, 5.41) is 3.12. The van der Waals surface area contributed by atoms with E-state index >= 15 is 0 Å². The van der Waals surface area contributed by atoms with Crippen molar-refractivity contribution in [1.82, 2.24) is 14.7 Å². The van der Waals surface area contributed by atoms with Crippen LogP contribution in [0.1, 0.15) is 28.5 Å². The number of fused-ring (bicyclic) bond motifs is 1. The van der Waals surface area contributed by atoms with E-state index in [4.69, 9.17) is 27.9 Å². The molecule has 0 radical (unpaired) electrons. The molecule has 1 aromatic heterocycles. The third-order valence-electron chi connectivity index (χ3n) is 5.30. The lowest BCUT2D eigenvalue weighted by Gasteiger charge is -2.38. The second-order valence-corrected chi connectivity index (χ2v) is 9.49. The van der Waals surface area contributed by atoms with E-state index in [9.17, 15) is 9.59 Å². The lowest BCUT2D eigenvalue weighted by molar-refractivity contribution is -0.134. The van der Waals surface area contributed by atoms with Crippen molar-refractivity contribution in [2.75, 3.05) is 47.4 Å². The topological polar surface area (TPSA) is 53.1 Å². The van der Waals surface area contributed by atoms with Crippen molar-refractivity contribution in [1.29, 1.82) is 0 Å². The largest absolute Gasteiger partial charge is 0.385 e. The average molecular weight is 484 g/mol. The van der Waals surface area contributed by atoms with E-state index in [1.807, 2.05) is 16.3 Å². The van der Waals surface area contributed by atoms with Crippen LogP contribution in [0.15, 0.2) is 29.6 Å². The van der Waals surface area contributed by atoms with Crippen LogP contribution in [0.4, 0.5) is 4.79 Å². The zero-order valence-electron chi connectivity index (χ0n) is 17.9. The molecular weight excluding hydrogens is 457 g/mol. The highest BCUT2D eigenvalue weighted by molar-refractivity contribution is 7.10. The molecule has 1 aliphatic rings. The quantitative estimate of drug-likeness (QED) is 0.542. The molecule has 0 aliphatic carbocycles. The van der Waals surface area contributed by atoms with Crippen LogP contribution in [0.2, 0.25) is 10.0 Å². The molecule has 1 aliphatic heterocycles. The number of amides is 3. The molecule has 168 valence electrons. The lowest BCUT2D eigenvalue weighted by Crippen LogP contribution is -2.49. The van der Waals surface area contributed by atoms with Crippen molar-refractivity contribution >= 4 is 46.5 Å². The molecule has 0 N–H and O–H groups in total. The van der Waals surface area contributed by atoms with E-state index in [0.29, 0.717) is 36.2 Å². The summed E-state index contributed by atoms with van der Waals surface area (Å²) in [5.74, 6) is -0.111. The Morgan fingerprint density at radius 1 is 1.23 bits per heavy atom. The fourth-order valence-corrected chi connectivity index (χ4v) is 5.24. The Balaban J connectivity index is 1.89. The first-order valence-electron chi connectivity index (χ1n) is 10.1. The van der Waals surface area contributed by atoms with Crippen molar-refractivity contribution in [3.05, 3.63) is 55.7 Å². The van der Waals surface area contributed by atoms with Crippen LogP contribution >= 0.6 is 34.5 Å². The Kier molecular flexibility index (Phi) is 8.22. The van der Waals surface area contributed by atoms with Gasteiger partial charge in [-0.2, -0.15) is 0 Å². The molecule has 6 nitrogen and oxygen atoms in total. The molecule has 0 fully saturated rings. The smallest absolute Gasteiger partial charge is 0.319 e. The maximum Gasteiger partial charge on any atom is 0.319 e. The van der Waals surface area contributed by atoms with Gasteiger partial charge >= 0.3 is 6.03 Å². The second kappa shape index (κ2) is 10.7. The number of thiophene rings is 1. The number of methoxy groups -OCH3 is 1. The van der Waals surface area contributed by atoms with Crippen molar-refractivity contribution < 1.29 is 14.3 Å². The maximum absolute atomic E-state index is 13.5. The minimum atomic E-state index is -0.303. The van der Waals surface area contributed by atoms with Gasteiger partial charge in [-0.05, 0) is 47.5 Å². The Labute approximate surface area is 197 Å². The van der Waals surface area contributed by atoms with E-state index in [-0.39, 0.29) is 24.5 Å². The SMILES string of the molecule is COCCCN(CC(=O)N1CCc2sccc2C1c1ccc(Cl)cc1Cl)C(=O)N(C)C. The summed E-state index contributed by atoms with van der Waals surface area (Å²) in [5.41, 5.74) is 1.92. The number of nitrogens with zero attached hydrogens (tertiary/aromatic N) is 3. The zero-order valence-corrected chi connectivity index (χ0v) is 20.3. The van der Waals surface area contributed by atoms with Crippen molar-refractivity contribution in [2.24, 2.45) is 0 Å². The monoisotopic (exact) mass is 483 g/mol. The maximum atomic E-state index is 13.5. The first kappa shape index (κ1) is 23.9. The van der Waals surface area contributed by atoms with Gasteiger partial charge in [-0.25, -0.2) is 4.79 Å². The van der Waals surface area contributed by atoms with Gasteiger partial charge in [0.15, 0.2) is 0 Å². The summed E-state index contributed by atoms with van der Waals surface area (Å²) >= 11 is 14.3. The zero-order chi connectivity index (χ0) is 22.5. The standard InChI is InChI=1S/C22H27Cl2N3O3S/c1-25(2)22(29)26(9-4-11-30-3)14-20(28)27-10-7-19-17(8-12-31-19)21(27)16-6-5-15(23)13-18(16)24/h5-6,8,12-13,21H,4,7,9-11,14H2,1-3H3. The highest BCUT2D eigenvalue weighted by atomic mass is 35.5. The van der Waals surface area contributed by atoms with Gasteiger partial charge in [-0.15, -0.1) is 11.3 Å². The normalized spacial score (nSPS) is 15.5. The molecular formula is C22H27Cl2N3O3S. The number of benzene rings is 1. The summed E-state index contributed by atoms with van der Waals surface area (Å²) in [4.78, 5) is 32.3. The molecule has 1 unspecified atom stereocenters. The number of halogens is 2. The van der Waals surface area contributed by atoms with Crippen LogP contribution in [0, 0.1) is 0 Å². The molecule has 3 rings (SSSR count).